The van der Waals surface area contributed by atoms with Crippen LogP contribution in [0.5, 0.6) is 5.75 Å². The normalized spacial score (nSPS) is 11.3. The fraction of sp³-hybridized carbons (Fsp3) is 0.500. The van der Waals surface area contributed by atoms with Gasteiger partial charge in [-0.05, 0) is 43.5 Å². The summed E-state index contributed by atoms with van der Waals surface area (Å²) in [4.78, 5) is 0.543. The molecule has 17 heavy (non-hydrogen) atoms. The minimum atomic E-state index is -0.144. The minimum absolute atomic E-state index is 0.144. The van der Waals surface area contributed by atoms with Gasteiger partial charge in [0.25, 0.3) is 0 Å². The van der Waals surface area contributed by atoms with E-state index in [2.05, 4.69) is 26.0 Å². The molecule has 1 rings (SSSR count). The molecule has 0 atom stereocenters. The molecule has 0 saturated carbocycles. The molecule has 2 N–H and O–H groups in total. The van der Waals surface area contributed by atoms with Crippen LogP contribution in [-0.4, -0.2) is 11.6 Å². The Morgan fingerprint density at radius 3 is 2.47 bits per heavy atom. The van der Waals surface area contributed by atoms with Crippen molar-refractivity contribution in [2.75, 3.05) is 6.61 Å². The van der Waals surface area contributed by atoms with Gasteiger partial charge in [-0.2, -0.15) is 0 Å². The third-order valence-electron chi connectivity index (χ3n) is 3.14. The van der Waals surface area contributed by atoms with E-state index >= 15 is 0 Å². The van der Waals surface area contributed by atoms with Crippen molar-refractivity contribution >= 4 is 17.2 Å². The summed E-state index contributed by atoms with van der Waals surface area (Å²) >= 11 is 5.02. The van der Waals surface area contributed by atoms with E-state index in [1.807, 2.05) is 19.9 Å². The highest BCUT2D eigenvalue weighted by atomic mass is 32.1. The molecule has 94 valence electrons. The predicted octanol–water partition coefficient (Wildman–Crippen LogP) is 3.38. The molecule has 3 heteroatoms. The predicted molar refractivity (Wildman–Crippen MR) is 76.6 cm³/mol. The Morgan fingerprint density at radius 1 is 1.29 bits per heavy atom. The Morgan fingerprint density at radius 2 is 1.94 bits per heavy atom. The largest absolute Gasteiger partial charge is 0.494 e. The second-order valence-electron chi connectivity index (χ2n) is 5.09. The number of hydrogen-bond acceptors (Lipinski definition) is 2. The van der Waals surface area contributed by atoms with E-state index in [0.717, 1.165) is 12.2 Å². The third-order valence-corrected chi connectivity index (χ3v) is 3.69. The van der Waals surface area contributed by atoms with Gasteiger partial charge in [-0.3, -0.25) is 0 Å². The van der Waals surface area contributed by atoms with Crippen LogP contribution in [0.25, 0.3) is 0 Å². The molecule has 0 fully saturated rings. The zero-order chi connectivity index (χ0) is 13.1. The second-order valence-corrected chi connectivity index (χ2v) is 5.53. The molecule has 0 aliphatic heterocycles. The van der Waals surface area contributed by atoms with Gasteiger partial charge < -0.3 is 10.5 Å². The molecule has 0 unspecified atom stereocenters. The molecule has 0 saturated heterocycles. The number of ether oxygens (including phenoxy) is 1. The smallest absolute Gasteiger partial charge is 0.119 e. The SMILES string of the molecule is Cc1ccc(OCCC(C)(C)C(N)=S)cc1C. The topological polar surface area (TPSA) is 35.2 Å². The minimum Gasteiger partial charge on any atom is -0.494 e. The van der Waals surface area contributed by atoms with Crippen LogP contribution in [0, 0.1) is 19.3 Å². The van der Waals surface area contributed by atoms with Crippen molar-refractivity contribution in [3.05, 3.63) is 29.3 Å². The van der Waals surface area contributed by atoms with E-state index in [1.54, 1.807) is 0 Å². The van der Waals surface area contributed by atoms with Crippen LogP contribution in [0.1, 0.15) is 31.4 Å². The molecule has 0 aliphatic rings. The van der Waals surface area contributed by atoms with Crippen molar-refractivity contribution in [2.45, 2.75) is 34.1 Å². The van der Waals surface area contributed by atoms with Crippen molar-refractivity contribution in [1.82, 2.24) is 0 Å². The number of nitrogens with two attached hydrogens (primary N) is 1. The number of hydrogen-bond donors (Lipinski definition) is 1. The standard InChI is InChI=1S/C14H21NOS/c1-10-5-6-12(9-11(10)2)16-8-7-14(3,4)13(15)17/h5-6,9H,7-8H2,1-4H3,(H2,15,17). The summed E-state index contributed by atoms with van der Waals surface area (Å²) in [7, 11) is 0. The zero-order valence-corrected chi connectivity index (χ0v) is 11.9. The van der Waals surface area contributed by atoms with Gasteiger partial charge in [-0.1, -0.05) is 32.1 Å². The second kappa shape index (κ2) is 5.50. The van der Waals surface area contributed by atoms with Crippen LogP contribution in [0.15, 0.2) is 18.2 Å². The highest BCUT2D eigenvalue weighted by Crippen LogP contribution is 2.22. The molecule has 2 nitrogen and oxygen atoms in total. The molecule has 0 spiro atoms. The van der Waals surface area contributed by atoms with Crippen molar-refractivity contribution in [2.24, 2.45) is 11.1 Å². The summed E-state index contributed by atoms with van der Waals surface area (Å²) in [6.45, 7) is 8.89. The highest BCUT2D eigenvalue weighted by molar-refractivity contribution is 7.80. The molecular weight excluding hydrogens is 230 g/mol. The van der Waals surface area contributed by atoms with E-state index in [4.69, 9.17) is 22.7 Å². The van der Waals surface area contributed by atoms with Gasteiger partial charge >= 0.3 is 0 Å². The van der Waals surface area contributed by atoms with Crippen molar-refractivity contribution < 1.29 is 4.74 Å². The van der Waals surface area contributed by atoms with Gasteiger partial charge in [0.15, 0.2) is 0 Å². The van der Waals surface area contributed by atoms with E-state index < -0.39 is 0 Å². The summed E-state index contributed by atoms with van der Waals surface area (Å²) in [6, 6.07) is 6.13. The third kappa shape index (κ3) is 4.00. The summed E-state index contributed by atoms with van der Waals surface area (Å²) in [5.41, 5.74) is 8.05. The molecule has 0 aliphatic carbocycles. The average molecular weight is 251 g/mol. The van der Waals surface area contributed by atoms with Crippen LogP contribution < -0.4 is 10.5 Å². The van der Waals surface area contributed by atoms with Gasteiger partial charge in [-0.15, -0.1) is 0 Å². The summed E-state index contributed by atoms with van der Waals surface area (Å²) in [6.07, 6.45) is 0.829. The van der Waals surface area contributed by atoms with E-state index in [0.29, 0.717) is 11.6 Å². The summed E-state index contributed by atoms with van der Waals surface area (Å²) < 4.78 is 5.71. The first-order valence-electron chi connectivity index (χ1n) is 5.83. The molecule has 0 amide bonds. The van der Waals surface area contributed by atoms with Crippen molar-refractivity contribution in [3.63, 3.8) is 0 Å². The number of benzene rings is 1. The Labute approximate surface area is 109 Å². The Hall–Kier alpha value is -1.09. The lowest BCUT2D eigenvalue weighted by molar-refractivity contribution is 0.270. The first-order chi connectivity index (χ1) is 7.83. The number of aryl methyl sites for hydroxylation is 2. The molecule has 0 bridgehead atoms. The molecule has 1 aromatic carbocycles. The van der Waals surface area contributed by atoms with Gasteiger partial charge in [0.2, 0.25) is 0 Å². The fourth-order valence-corrected chi connectivity index (χ4v) is 1.45. The van der Waals surface area contributed by atoms with Gasteiger partial charge in [0, 0.05) is 5.41 Å². The molecule has 1 aromatic rings. The molecule has 0 heterocycles. The van der Waals surface area contributed by atoms with E-state index in [-0.39, 0.29) is 5.41 Å². The van der Waals surface area contributed by atoms with Crippen LogP contribution in [0.2, 0.25) is 0 Å². The zero-order valence-electron chi connectivity index (χ0n) is 11.0. The van der Waals surface area contributed by atoms with Crippen LogP contribution in [0.3, 0.4) is 0 Å². The fourth-order valence-electron chi connectivity index (χ4n) is 1.35. The average Bonchev–Trinajstić information content (AvgIpc) is 2.23. The molecular formula is C14H21NOS. The van der Waals surface area contributed by atoms with Gasteiger partial charge in [0.05, 0.1) is 11.6 Å². The Balaban J connectivity index is 2.51. The lowest BCUT2D eigenvalue weighted by Gasteiger charge is -2.22. The maximum Gasteiger partial charge on any atom is 0.119 e. The Kier molecular flexibility index (Phi) is 4.52. The van der Waals surface area contributed by atoms with Crippen LogP contribution in [-0.2, 0) is 0 Å². The molecule has 0 aromatic heterocycles. The van der Waals surface area contributed by atoms with Crippen molar-refractivity contribution in [1.29, 1.82) is 0 Å². The highest BCUT2D eigenvalue weighted by Gasteiger charge is 2.21. The lowest BCUT2D eigenvalue weighted by Crippen LogP contribution is -2.31. The quantitative estimate of drug-likeness (QED) is 0.815. The maximum atomic E-state index is 5.71. The number of rotatable bonds is 5. The van der Waals surface area contributed by atoms with E-state index in [9.17, 15) is 0 Å². The van der Waals surface area contributed by atoms with Gasteiger partial charge in [-0.25, -0.2) is 0 Å². The van der Waals surface area contributed by atoms with Crippen LogP contribution >= 0.6 is 12.2 Å². The van der Waals surface area contributed by atoms with Crippen LogP contribution in [0.4, 0.5) is 0 Å². The van der Waals surface area contributed by atoms with Crippen molar-refractivity contribution in [3.8, 4) is 5.75 Å². The lowest BCUT2D eigenvalue weighted by atomic mass is 9.90. The summed E-state index contributed by atoms with van der Waals surface area (Å²) in [5.74, 6) is 0.909. The first-order valence-corrected chi connectivity index (χ1v) is 6.24. The monoisotopic (exact) mass is 251 g/mol. The first kappa shape index (κ1) is 14.0. The summed E-state index contributed by atoms with van der Waals surface area (Å²) in [5, 5.41) is 0. The molecule has 0 radical (unpaired) electrons. The van der Waals surface area contributed by atoms with Gasteiger partial charge in [0.1, 0.15) is 5.75 Å². The van der Waals surface area contributed by atoms with E-state index in [1.165, 1.54) is 11.1 Å². The maximum absolute atomic E-state index is 5.71. The number of thiocarbonyl (C=S) groups is 1. The Bertz CT molecular complexity index is 413.